The molecule has 1 amide bonds. The average molecular weight is 323 g/mol. The predicted molar refractivity (Wildman–Crippen MR) is 78.2 cm³/mol. The largest absolute Gasteiger partial charge is 0.337 e. The van der Waals surface area contributed by atoms with Crippen LogP contribution in [0.5, 0.6) is 0 Å². The van der Waals surface area contributed by atoms with E-state index in [-0.39, 0.29) is 16.7 Å². The maximum atomic E-state index is 12.4. The Morgan fingerprint density at radius 1 is 1.45 bits per heavy atom. The molecule has 8 nitrogen and oxygen atoms in total. The van der Waals surface area contributed by atoms with Crippen LogP contribution in [0.25, 0.3) is 0 Å². The second kappa shape index (κ2) is 5.24. The minimum atomic E-state index is -3.33. The topological polar surface area (TPSA) is 101 Å². The second-order valence-corrected chi connectivity index (χ2v) is 7.52. The number of likely N-dealkylation sites (tertiary alicyclic amines) is 1. The van der Waals surface area contributed by atoms with Gasteiger partial charge in [-0.2, -0.15) is 10.2 Å². The Hall–Kier alpha value is -2.16. The van der Waals surface area contributed by atoms with Gasteiger partial charge in [0, 0.05) is 38.5 Å². The van der Waals surface area contributed by atoms with Crippen LogP contribution < -0.4 is 0 Å². The summed E-state index contributed by atoms with van der Waals surface area (Å²) in [6.45, 7) is 1.03. The molecule has 1 fully saturated rings. The summed E-state index contributed by atoms with van der Waals surface area (Å²) in [5, 5.41) is 10.7. The van der Waals surface area contributed by atoms with Gasteiger partial charge in [-0.25, -0.2) is 8.42 Å². The van der Waals surface area contributed by atoms with Crippen molar-refractivity contribution in [3.05, 3.63) is 29.8 Å². The van der Waals surface area contributed by atoms with Crippen molar-refractivity contribution in [2.75, 3.05) is 19.3 Å². The highest BCUT2D eigenvalue weighted by Crippen LogP contribution is 2.30. The highest BCUT2D eigenvalue weighted by molar-refractivity contribution is 7.90. The van der Waals surface area contributed by atoms with Gasteiger partial charge in [0.2, 0.25) is 0 Å². The Bertz CT molecular complexity index is 807. The SMILES string of the molecule is Cn1ccc(C(=O)N2CC[C@@H](c3[nH]ncc3S(C)(=O)=O)C2)n1. The fraction of sp³-hybridized carbons (Fsp3) is 0.462. The Balaban J connectivity index is 1.78. The first-order valence-corrected chi connectivity index (χ1v) is 8.77. The Kier molecular flexibility index (Phi) is 3.51. The molecule has 1 N–H and O–H groups in total. The number of aryl methyl sites for hydroxylation is 1. The summed E-state index contributed by atoms with van der Waals surface area (Å²) >= 11 is 0. The summed E-state index contributed by atoms with van der Waals surface area (Å²) < 4.78 is 25.1. The van der Waals surface area contributed by atoms with Crippen molar-refractivity contribution in [2.45, 2.75) is 17.2 Å². The number of aromatic nitrogens is 4. The lowest BCUT2D eigenvalue weighted by molar-refractivity contribution is 0.0784. The summed E-state index contributed by atoms with van der Waals surface area (Å²) in [5.74, 6) is -0.191. The monoisotopic (exact) mass is 323 g/mol. The number of hydrogen-bond acceptors (Lipinski definition) is 5. The number of carbonyl (C=O) groups excluding carboxylic acids is 1. The summed E-state index contributed by atoms with van der Waals surface area (Å²) in [7, 11) is -1.57. The van der Waals surface area contributed by atoms with Crippen LogP contribution in [0.3, 0.4) is 0 Å². The van der Waals surface area contributed by atoms with E-state index in [4.69, 9.17) is 0 Å². The molecule has 1 aliphatic heterocycles. The molecule has 1 aliphatic rings. The third kappa shape index (κ3) is 2.63. The fourth-order valence-corrected chi connectivity index (χ4v) is 3.60. The first kappa shape index (κ1) is 14.8. The van der Waals surface area contributed by atoms with E-state index < -0.39 is 9.84 Å². The van der Waals surface area contributed by atoms with Crippen LogP contribution >= 0.6 is 0 Å². The van der Waals surface area contributed by atoms with E-state index in [0.29, 0.717) is 30.9 Å². The van der Waals surface area contributed by atoms with E-state index in [1.165, 1.54) is 6.20 Å². The number of amides is 1. The Morgan fingerprint density at radius 3 is 2.86 bits per heavy atom. The van der Waals surface area contributed by atoms with Crippen molar-refractivity contribution in [2.24, 2.45) is 7.05 Å². The number of rotatable bonds is 3. The smallest absolute Gasteiger partial charge is 0.274 e. The average Bonchev–Trinajstić information content (AvgIpc) is 3.16. The van der Waals surface area contributed by atoms with Crippen LogP contribution in [-0.2, 0) is 16.9 Å². The molecule has 0 aliphatic carbocycles. The molecule has 0 saturated carbocycles. The second-order valence-electron chi connectivity index (χ2n) is 5.53. The maximum Gasteiger partial charge on any atom is 0.274 e. The molecule has 0 unspecified atom stereocenters. The van der Waals surface area contributed by atoms with Gasteiger partial charge in [-0.05, 0) is 12.5 Å². The van der Waals surface area contributed by atoms with Crippen LogP contribution in [0.15, 0.2) is 23.4 Å². The first-order chi connectivity index (χ1) is 10.4. The highest BCUT2D eigenvalue weighted by atomic mass is 32.2. The number of carbonyl (C=O) groups is 1. The van der Waals surface area contributed by atoms with Gasteiger partial charge < -0.3 is 4.90 Å². The first-order valence-electron chi connectivity index (χ1n) is 6.88. The fourth-order valence-electron chi connectivity index (χ4n) is 2.74. The van der Waals surface area contributed by atoms with Crippen molar-refractivity contribution in [1.29, 1.82) is 0 Å². The van der Waals surface area contributed by atoms with Crippen LogP contribution in [0.2, 0.25) is 0 Å². The molecule has 3 rings (SSSR count). The van der Waals surface area contributed by atoms with Gasteiger partial charge >= 0.3 is 0 Å². The third-order valence-electron chi connectivity index (χ3n) is 3.85. The molecule has 0 radical (unpaired) electrons. The molecular formula is C13H17N5O3S. The minimum absolute atomic E-state index is 0.0557. The van der Waals surface area contributed by atoms with Gasteiger partial charge in [0.05, 0.1) is 11.9 Å². The normalized spacial score (nSPS) is 18.8. The molecule has 1 atom stereocenters. The predicted octanol–water partition coefficient (Wildman–Crippen LogP) is 0.176. The van der Waals surface area contributed by atoms with E-state index >= 15 is 0 Å². The molecule has 3 heterocycles. The lowest BCUT2D eigenvalue weighted by Crippen LogP contribution is -2.29. The molecule has 0 aromatic carbocycles. The number of sulfone groups is 1. The van der Waals surface area contributed by atoms with Gasteiger partial charge in [-0.1, -0.05) is 0 Å². The quantitative estimate of drug-likeness (QED) is 0.868. The van der Waals surface area contributed by atoms with E-state index in [1.54, 1.807) is 28.9 Å². The van der Waals surface area contributed by atoms with Crippen LogP contribution in [0.4, 0.5) is 0 Å². The maximum absolute atomic E-state index is 12.4. The zero-order valence-electron chi connectivity index (χ0n) is 12.4. The standard InChI is InChI=1S/C13H17N5O3S/c1-17-5-4-10(16-17)13(19)18-6-3-9(8-18)12-11(7-14-15-12)22(2,20)21/h4-5,7,9H,3,6,8H2,1-2H3,(H,14,15)/t9-/m1/s1. The zero-order valence-corrected chi connectivity index (χ0v) is 13.2. The summed E-state index contributed by atoms with van der Waals surface area (Å²) in [5.41, 5.74) is 0.981. The van der Waals surface area contributed by atoms with Gasteiger partial charge in [0.25, 0.3) is 5.91 Å². The van der Waals surface area contributed by atoms with Gasteiger partial charge in [-0.15, -0.1) is 0 Å². The summed E-state index contributed by atoms with van der Waals surface area (Å²) in [6, 6.07) is 1.67. The summed E-state index contributed by atoms with van der Waals surface area (Å²) in [6.07, 6.45) is 4.90. The molecule has 0 bridgehead atoms. The van der Waals surface area contributed by atoms with Crippen LogP contribution in [0, 0.1) is 0 Å². The Labute approximate surface area is 128 Å². The van der Waals surface area contributed by atoms with Gasteiger partial charge in [-0.3, -0.25) is 14.6 Å². The van der Waals surface area contributed by atoms with Crippen molar-refractivity contribution in [3.63, 3.8) is 0 Å². The lowest BCUT2D eigenvalue weighted by Gasteiger charge is -2.15. The lowest BCUT2D eigenvalue weighted by atomic mass is 10.1. The molecule has 0 spiro atoms. The third-order valence-corrected chi connectivity index (χ3v) is 4.97. The number of aromatic amines is 1. The number of H-pyrrole nitrogens is 1. The Morgan fingerprint density at radius 2 is 2.23 bits per heavy atom. The van der Waals surface area contributed by atoms with Gasteiger partial charge in [0.15, 0.2) is 9.84 Å². The molecule has 9 heteroatoms. The molecule has 2 aromatic heterocycles. The van der Waals surface area contributed by atoms with Crippen molar-refractivity contribution in [3.8, 4) is 0 Å². The minimum Gasteiger partial charge on any atom is -0.337 e. The number of hydrogen-bond donors (Lipinski definition) is 1. The molecule has 1 saturated heterocycles. The highest BCUT2D eigenvalue weighted by Gasteiger charge is 2.32. The van der Waals surface area contributed by atoms with Crippen LogP contribution in [0.1, 0.15) is 28.5 Å². The van der Waals surface area contributed by atoms with Crippen molar-refractivity contribution < 1.29 is 13.2 Å². The van der Waals surface area contributed by atoms with E-state index in [1.807, 2.05) is 0 Å². The van der Waals surface area contributed by atoms with Crippen LogP contribution in [-0.4, -0.2) is 58.5 Å². The number of nitrogens with zero attached hydrogens (tertiary/aromatic N) is 4. The molecule has 118 valence electrons. The molecule has 2 aromatic rings. The zero-order chi connectivity index (χ0) is 15.9. The number of nitrogens with one attached hydrogen (secondary N) is 1. The van der Waals surface area contributed by atoms with Crippen molar-refractivity contribution >= 4 is 15.7 Å². The van der Waals surface area contributed by atoms with E-state index in [9.17, 15) is 13.2 Å². The molecular weight excluding hydrogens is 306 g/mol. The van der Waals surface area contributed by atoms with E-state index in [0.717, 1.165) is 6.26 Å². The van der Waals surface area contributed by atoms with Crippen molar-refractivity contribution in [1.82, 2.24) is 24.9 Å². The van der Waals surface area contributed by atoms with E-state index in [2.05, 4.69) is 15.3 Å². The molecule has 22 heavy (non-hydrogen) atoms. The van der Waals surface area contributed by atoms with Gasteiger partial charge in [0.1, 0.15) is 10.6 Å². The summed E-state index contributed by atoms with van der Waals surface area (Å²) in [4.78, 5) is 14.3.